The standard InChI is InChI=1S/C27H26F3N5O4S/c1-17-23(16-32)25(34-26(36)35(17)20-6-4-5-19(14-20)27(28,29)30)22-9-8-18(15-31)13-24(22)40(37,38)33-11-10-21-7-2-3-12-39-21/h4-6,8-9,13-14,21,25,33H,2-3,7,10-12H2,1H3,(H,34,36). The first-order chi connectivity index (χ1) is 19.0. The summed E-state index contributed by atoms with van der Waals surface area (Å²) in [6.45, 7) is 2.08. The van der Waals surface area contributed by atoms with E-state index in [2.05, 4.69) is 10.0 Å². The number of nitriles is 2. The Labute approximate surface area is 229 Å². The van der Waals surface area contributed by atoms with Crippen molar-refractivity contribution in [2.24, 2.45) is 0 Å². The maximum Gasteiger partial charge on any atom is 0.416 e. The number of nitrogens with one attached hydrogen (secondary N) is 2. The SMILES string of the molecule is CC1=C(C#N)C(c2ccc(C#N)cc2S(=O)(=O)NCCC2CCCCO2)NC(=O)N1c1cccc(C(F)(F)F)c1. The van der Waals surface area contributed by atoms with Gasteiger partial charge in [-0.3, -0.25) is 4.90 Å². The molecule has 0 bridgehead atoms. The third-order valence-electron chi connectivity index (χ3n) is 6.81. The zero-order valence-corrected chi connectivity index (χ0v) is 22.3. The molecule has 2 aromatic rings. The lowest BCUT2D eigenvalue weighted by molar-refractivity contribution is -0.137. The summed E-state index contributed by atoms with van der Waals surface area (Å²) in [5.41, 5.74) is -1.05. The Hall–Kier alpha value is -3.91. The molecule has 2 aliphatic heterocycles. The van der Waals surface area contributed by atoms with Gasteiger partial charge in [0, 0.05) is 18.8 Å². The van der Waals surface area contributed by atoms with Crippen LogP contribution in [0, 0.1) is 22.7 Å². The van der Waals surface area contributed by atoms with Crippen LogP contribution in [0.3, 0.4) is 0 Å². The number of rotatable bonds is 7. The topological polar surface area (TPSA) is 135 Å². The van der Waals surface area contributed by atoms with Crippen molar-refractivity contribution in [2.75, 3.05) is 18.1 Å². The number of carbonyl (C=O) groups is 1. The van der Waals surface area contributed by atoms with E-state index in [0.717, 1.165) is 48.4 Å². The molecule has 2 amide bonds. The number of benzene rings is 2. The number of halogens is 3. The van der Waals surface area contributed by atoms with Crippen LogP contribution in [-0.2, 0) is 20.9 Å². The number of alkyl halides is 3. The Morgan fingerprint density at radius 2 is 1.93 bits per heavy atom. The molecule has 0 saturated carbocycles. The average molecular weight is 574 g/mol. The predicted molar refractivity (Wildman–Crippen MR) is 138 cm³/mol. The van der Waals surface area contributed by atoms with Gasteiger partial charge in [-0.2, -0.15) is 23.7 Å². The maximum absolute atomic E-state index is 13.4. The molecule has 2 unspecified atom stereocenters. The molecular formula is C27H26F3N5O4S. The largest absolute Gasteiger partial charge is 0.416 e. The van der Waals surface area contributed by atoms with Crippen LogP contribution in [-0.4, -0.2) is 33.7 Å². The second kappa shape index (κ2) is 11.7. The fraction of sp³-hybridized carbons (Fsp3) is 0.370. The highest BCUT2D eigenvalue weighted by atomic mass is 32.2. The third-order valence-corrected chi connectivity index (χ3v) is 8.33. The first-order valence-corrected chi connectivity index (χ1v) is 14.0. The Balaban J connectivity index is 1.70. The first kappa shape index (κ1) is 29.1. The van der Waals surface area contributed by atoms with E-state index in [4.69, 9.17) is 4.74 Å². The quantitative estimate of drug-likeness (QED) is 0.485. The molecule has 2 atom stereocenters. The molecular weight excluding hydrogens is 547 g/mol. The van der Waals surface area contributed by atoms with Gasteiger partial charge in [0.15, 0.2) is 0 Å². The van der Waals surface area contributed by atoms with E-state index < -0.39 is 33.8 Å². The molecule has 9 nitrogen and oxygen atoms in total. The summed E-state index contributed by atoms with van der Waals surface area (Å²) in [7, 11) is -4.21. The van der Waals surface area contributed by atoms with Gasteiger partial charge in [-0.15, -0.1) is 0 Å². The van der Waals surface area contributed by atoms with Crippen molar-refractivity contribution >= 4 is 21.7 Å². The molecule has 0 aliphatic carbocycles. The maximum atomic E-state index is 13.4. The van der Waals surface area contributed by atoms with Crippen LogP contribution < -0.4 is 14.9 Å². The van der Waals surface area contributed by atoms with Crippen molar-refractivity contribution in [2.45, 2.75) is 55.8 Å². The van der Waals surface area contributed by atoms with Gasteiger partial charge in [0.2, 0.25) is 10.0 Å². The molecule has 0 aromatic heterocycles. The predicted octanol–water partition coefficient (Wildman–Crippen LogP) is 4.88. The number of anilines is 1. The van der Waals surface area contributed by atoms with E-state index in [0.29, 0.717) is 13.0 Å². The molecule has 2 aliphatic rings. The van der Waals surface area contributed by atoms with Crippen molar-refractivity contribution in [1.29, 1.82) is 10.5 Å². The lowest BCUT2D eigenvalue weighted by Crippen LogP contribution is -2.47. The van der Waals surface area contributed by atoms with Crippen molar-refractivity contribution in [3.63, 3.8) is 0 Å². The molecule has 4 rings (SSSR count). The summed E-state index contributed by atoms with van der Waals surface area (Å²) in [6, 6.07) is 9.72. The molecule has 40 heavy (non-hydrogen) atoms. The molecule has 2 heterocycles. The molecule has 2 N–H and O–H groups in total. The normalized spacial score (nSPS) is 20.1. The minimum atomic E-state index is -4.65. The van der Waals surface area contributed by atoms with Gasteiger partial charge < -0.3 is 10.1 Å². The monoisotopic (exact) mass is 573 g/mol. The second-order valence-corrected chi connectivity index (χ2v) is 11.2. The lowest BCUT2D eigenvalue weighted by Gasteiger charge is -2.34. The van der Waals surface area contributed by atoms with Crippen molar-refractivity contribution < 1.29 is 31.1 Å². The number of allylic oxidation sites excluding steroid dienone is 1. The molecule has 0 radical (unpaired) electrons. The zero-order chi connectivity index (χ0) is 29.1. The van der Waals surface area contributed by atoms with E-state index >= 15 is 0 Å². The number of carbonyl (C=O) groups excluding carboxylic acids is 1. The zero-order valence-electron chi connectivity index (χ0n) is 21.5. The van der Waals surface area contributed by atoms with Gasteiger partial charge in [0.05, 0.1) is 51.6 Å². The summed E-state index contributed by atoms with van der Waals surface area (Å²) >= 11 is 0. The minimum Gasteiger partial charge on any atom is -0.378 e. The summed E-state index contributed by atoms with van der Waals surface area (Å²) < 4.78 is 74.8. The van der Waals surface area contributed by atoms with E-state index in [9.17, 15) is 36.9 Å². The second-order valence-electron chi connectivity index (χ2n) is 9.42. The molecule has 1 fully saturated rings. The van der Waals surface area contributed by atoms with Crippen LogP contribution in [0.2, 0.25) is 0 Å². The fourth-order valence-electron chi connectivity index (χ4n) is 4.80. The first-order valence-electron chi connectivity index (χ1n) is 12.5. The smallest absolute Gasteiger partial charge is 0.378 e. The Morgan fingerprint density at radius 3 is 2.58 bits per heavy atom. The van der Waals surface area contributed by atoms with Crippen LogP contribution in [0.5, 0.6) is 0 Å². The van der Waals surface area contributed by atoms with Crippen LogP contribution in [0.25, 0.3) is 0 Å². The van der Waals surface area contributed by atoms with E-state index in [1.165, 1.54) is 25.1 Å². The average Bonchev–Trinajstić information content (AvgIpc) is 2.92. The summed E-state index contributed by atoms with van der Waals surface area (Å²) in [6.07, 6.45) is -1.50. The number of ether oxygens (including phenoxy) is 1. The van der Waals surface area contributed by atoms with Crippen LogP contribution >= 0.6 is 0 Å². The van der Waals surface area contributed by atoms with Crippen LogP contribution in [0.15, 0.2) is 58.6 Å². The van der Waals surface area contributed by atoms with Gasteiger partial charge in [-0.05, 0) is 68.5 Å². The molecule has 2 aromatic carbocycles. The third kappa shape index (κ3) is 6.12. The Kier molecular flexibility index (Phi) is 8.49. The van der Waals surface area contributed by atoms with Crippen molar-refractivity contribution in [3.05, 3.63) is 70.4 Å². The van der Waals surface area contributed by atoms with E-state index in [1.807, 2.05) is 12.1 Å². The van der Waals surface area contributed by atoms with Crippen LogP contribution in [0.1, 0.15) is 55.3 Å². The number of urea groups is 1. The molecule has 13 heteroatoms. The number of nitrogens with zero attached hydrogens (tertiary/aromatic N) is 3. The number of hydrogen-bond acceptors (Lipinski definition) is 6. The fourth-order valence-corrected chi connectivity index (χ4v) is 6.12. The summed E-state index contributed by atoms with van der Waals surface area (Å²) in [5.74, 6) is 0. The highest BCUT2D eigenvalue weighted by Gasteiger charge is 2.37. The Bertz CT molecular complexity index is 1520. The summed E-state index contributed by atoms with van der Waals surface area (Å²) in [4.78, 5) is 13.8. The van der Waals surface area contributed by atoms with Gasteiger partial charge >= 0.3 is 12.2 Å². The molecule has 1 saturated heterocycles. The van der Waals surface area contributed by atoms with Gasteiger partial charge in [-0.25, -0.2) is 17.9 Å². The van der Waals surface area contributed by atoms with Crippen molar-refractivity contribution in [3.8, 4) is 12.1 Å². The highest BCUT2D eigenvalue weighted by Crippen LogP contribution is 2.38. The van der Waals surface area contributed by atoms with Gasteiger partial charge in [0.25, 0.3) is 0 Å². The van der Waals surface area contributed by atoms with Crippen LogP contribution in [0.4, 0.5) is 23.7 Å². The minimum absolute atomic E-state index is 0.0330. The highest BCUT2D eigenvalue weighted by molar-refractivity contribution is 7.89. The number of sulfonamides is 1. The van der Waals surface area contributed by atoms with Gasteiger partial charge in [-0.1, -0.05) is 12.1 Å². The van der Waals surface area contributed by atoms with E-state index in [1.54, 1.807) is 0 Å². The van der Waals surface area contributed by atoms with Crippen molar-refractivity contribution in [1.82, 2.24) is 10.0 Å². The van der Waals surface area contributed by atoms with E-state index in [-0.39, 0.29) is 45.6 Å². The molecule has 0 spiro atoms. The number of amides is 2. The molecule has 210 valence electrons. The lowest BCUT2D eigenvalue weighted by atomic mass is 9.94. The summed E-state index contributed by atoms with van der Waals surface area (Å²) in [5, 5.41) is 22.0. The number of hydrogen-bond donors (Lipinski definition) is 2. The van der Waals surface area contributed by atoms with Gasteiger partial charge in [0.1, 0.15) is 0 Å². The Morgan fingerprint density at radius 1 is 1.15 bits per heavy atom.